The third-order valence-electron chi connectivity index (χ3n) is 2.63. The summed E-state index contributed by atoms with van der Waals surface area (Å²) in [7, 11) is 1.83. The highest BCUT2D eigenvalue weighted by Gasteiger charge is 2.32. The molecule has 0 fully saturated rings. The highest BCUT2D eigenvalue weighted by Crippen LogP contribution is 2.28. The molecule has 2 aromatic rings. The molecule has 96 valence electrons. The number of aromatic nitrogens is 3. The van der Waals surface area contributed by atoms with Gasteiger partial charge in [-0.2, -0.15) is 5.10 Å². The zero-order valence-electron chi connectivity index (χ0n) is 10.3. The summed E-state index contributed by atoms with van der Waals surface area (Å²) >= 11 is 1.36. The second-order valence-electron chi connectivity index (χ2n) is 4.47. The van der Waals surface area contributed by atoms with Crippen LogP contribution >= 0.6 is 11.3 Å². The van der Waals surface area contributed by atoms with Gasteiger partial charge in [0.2, 0.25) is 0 Å². The monoisotopic (exact) mass is 266 g/mol. The first kappa shape index (κ1) is 12.6. The SMILES string of the molecule is Cn1ccc(Nc2nc(C(C)(C)C(=O)O)cs2)n1. The van der Waals surface area contributed by atoms with Gasteiger partial charge in [0.25, 0.3) is 0 Å². The van der Waals surface area contributed by atoms with Crippen molar-refractivity contribution in [2.75, 3.05) is 5.32 Å². The van der Waals surface area contributed by atoms with E-state index in [-0.39, 0.29) is 0 Å². The van der Waals surface area contributed by atoms with Gasteiger partial charge in [0.15, 0.2) is 10.9 Å². The van der Waals surface area contributed by atoms with Crippen molar-refractivity contribution < 1.29 is 9.90 Å². The maximum Gasteiger partial charge on any atom is 0.315 e. The molecule has 0 spiro atoms. The zero-order valence-corrected chi connectivity index (χ0v) is 11.2. The predicted octanol–water partition coefficient (Wildman–Crippen LogP) is 1.98. The molecule has 18 heavy (non-hydrogen) atoms. The maximum absolute atomic E-state index is 11.1. The molecule has 0 saturated heterocycles. The quantitative estimate of drug-likeness (QED) is 0.884. The third kappa shape index (κ3) is 2.35. The van der Waals surface area contributed by atoms with Gasteiger partial charge < -0.3 is 10.4 Å². The van der Waals surface area contributed by atoms with Crippen LogP contribution in [0.15, 0.2) is 17.6 Å². The summed E-state index contributed by atoms with van der Waals surface area (Å²) in [5, 5.41) is 18.7. The molecule has 2 rings (SSSR count). The van der Waals surface area contributed by atoms with Crippen molar-refractivity contribution in [1.82, 2.24) is 14.8 Å². The molecule has 0 aliphatic rings. The number of carbonyl (C=O) groups is 1. The lowest BCUT2D eigenvalue weighted by Crippen LogP contribution is -2.28. The van der Waals surface area contributed by atoms with Crippen molar-refractivity contribution in [3.8, 4) is 0 Å². The largest absolute Gasteiger partial charge is 0.481 e. The van der Waals surface area contributed by atoms with Crippen molar-refractivity contribution in [2.45, 2.75) is 19.3 Å². The molecular weight excluding hydrogens is 252 g/mol. The van der Waals surface area contributed by atoms with E-state index in [1.165, 1.54) is 11.3 Å². The number of carboxylic acids is 1. The fraction of sp³-hybridized carbons (Fsp3) is 0.364. The Morgan fingerprint density at radius 3 is 2.83 bits per heavy atom. The van der Waals surface area contributed by atoms with Gasteiger partial charge in [-0.05, 0) is 13.8 Å². The van der Waals surface area contributed by atoms with Crippen molar-refractivity contribution in [2.24, 2.45) is 7.05 Å². The fourth-order valence-electron chi connectivity index (χ4n) is 1.32. The summed E-state index contributed by atoms with van der Waals surface area (Å²) in [4.78, 5) is 15.4. The van der Waals surface area contributed by atoms with E-state index in [1.54, 1.807) is 23.9 Å². The Balaban J connectivity index is 2.18. The summed E-state index contributed by atoms with van der Waals surface area (Å²) < 4.78 is 1.68. The van der Waals surface area contributed by atoms with Crippen LogP contribution < -0.4 is 5.32 Å². The molecule has 0 aliphatic heterocycles. The molecule has 0 radical (unpaired) electrons. The van der Waals surface area contributed by atoms with Crippen LogP contribution in [0.3, 0.4) is 0 Å². The molecular formula is C11H14N4O2S. The van der Waals surface area contributed by atoms with Crippen molar-refractivity contribution in [1.29, 1.82) is 0 Å². The van der Waals surface area contributed by atoms with E-state index >= 15 is 0 Å². The van der Waals surface area contributed by atoms with E-state index in [9.17, 15) is 4.79 Å². The number of nitrogens with zero attached hydrogens (tertiary/aromatic N) is 3. The second kappa shape index (κ2) is 4.41. The van der Waals surface area contributed by atoms with Gasteiger partial charge in [0.1, 0.15) is 5.41 Å². The van der Waals surface area contributed by atoms with Crippen LogP contribution in [0.4, 0.5) is 10.9 Å². The van der Waals surface area contributed by atoms with E-state index in [0.717, 1.165) is 0 Å². The molecule has 0 bridgehead atoms. The van der Waals surface area contributed by atoms with E-state index in [0.29, 0.717) is 16.6 Å². The third-order valence-corrected chi connectivity index (χ3v) is 3.39. The van der Waals surface area contributed by atoms with Crippen LogP contribution in [0.2, 0.25) is 0 Å². The van der Waals surface area contributed by atoms with Crippen LogP contribution in [-0.4, -0.2) is 25.8 Å². The van der Waals surface area contributed by atoms with Crippen LogP contribution in [0.25, 0.3) is 0 Å². The molecule has 2 heterocycles. The number of carboxylic acid groups (broad SMARTS) is 1. The average molecular weight is 266 g/mol. The Morgan fingerprint density at radius 2 is 2.28 bits per heavy atom. The molecule has 0 unspecified atom stereocenters. The van der Waals surface area contributed by atoms with Crippen molar-refractivity contribution >= 4 is 28.3 Å². The molecule has 2 N–H and O–H groups in total. The first-order valence-corrected chi connectivity index (χ1v) is 6.23. The number of rotatable bonds is 4. The first-order valence-electron chi connectivity index (χ1n) is 5.35. The van der Waals surface area contributed by atoms with Crippen LogP contribution in [-0.2, 0) is 17.3 Å². The normalized spacial score (nSPS) is 11.5. The van der Waals surface area contributed by atoms with E-state index < -0.39 is 11.4 Å². The minimum absolute atomic E-state index is 0.540. The van der Waals surface area contributed by atoms with Gasteiger partial charge in [0.05, 0.1) is 5.69 Å². The number of hydrogen-bond acceptors (Lipinski definition) is 5. The number of nitrogens with one attached hydrogen (secondary N) is 1. The summed E-state index contributed by atoms with van der Waals surface area (Å²) in [5.41, 5.74) is -0.445. The topological polar surface area (TPSA) is 80.0 Å². The Morgan fingerprint density at radius 1 is 1.56 bits per heavy atom. The maximum atomic E-state index is 11.1. The Hall–Kier alpha value is -1.89. The van der Waals surface area contributed by atoms with Gasteiger partial charge in [-0.25, -0.2) is 4.98 Å². The van der Waals surface area contributed by atoms with E-state index in [1.807, 2.05) is 19.3 Å². The molecule has 7 heteroatoms. The van der Waals surface area contributed by atoms with Gasteiger partial charge >= 0.3 is 5.97 Å². The molecule has 0 amide bonds. The molecule has 0 saturated carbocycles. The first-order chi connectivity index (χ1) is 8.39. The zero-order chi connectivity index (χ0) is 13.3. The molecule has 6 nitrogen and oxygen atoms in total. The molecule has 0 atom stereocenters. The summed E-state index contributed by atoms with van der Waals surface area (Å²) in [6.07, 6.45) is 1.82. The minimum atomic E-state index is -0.986. The number of anilines is 2. The van der Waals surface area contributed by atoms with Gasteiger partial charge in [-0.15, -0.1) is 11.3 Å². The molecule has 0 aliphatic carbocycles. The number of aliphatic carboxylic acids is 1. The van der Waals surface area contributed by atoms with Gasteiger partial charge in [0, 0.05) is 24.7 Å². The van der Waals surface area contributed by atoms with E-state index in [4.69, 9.17) is 5.11 Å². The Labute approximate surface area is 108 Å². The van der Waals surface area contributed by atoms with Crippen LogP contribution in [0, 0.1) is 0 Å². The highest BCUT2D eigenvalue weighted by atomic mass is 32.1. The minimum Gasteiger partial charge on any atom is -0.481 e. The molecule has 0 aromatic carbocycles. The van der Waals surface area contributed by atoms with E-state index in [2.05, 4.69) is 15.4 Å². The van der Waals surface area contributed by atoms with Crippen molar-refractivity contribution in [3.05, 3.63) is 23.3 Å². The standard InChI is InChI=1S/C11H14N4O2S/c1-11(2,9(16)17)7-6-18-10(12-7)13-8-4-5-15(3)14-8/h4-6H,1-3H3,(H,16,17)(H,12,13,14). The fourth-order valence-corrected chi connectivity index (χ4v) is 2.20. The number of thiazole rings is 1. The Bertz CT molecular complexity index is 573. The number of hydrogen-bond donors (Lipinski definition) is 2. The second-order valence-corrected chi connectivity index (χ2v) is 5.33. The van der Waals surface area contributed by atoms with Crippen molar-refractivity contribution in [3.63, 3.8) is 0 Å². The molecule has 2 aromatic heterocycles. The average Bonchev–Trinajstić information content (AvgIpc) is 2.88. The van der Waals surface area contributed by atoms with Crippen LogP contribution in [0.5, 0.6) is 0 Å². The lowest BCUT2D eigenvalue weighted by Gasteiger charge is -2.15. The summed E-state index contributed by atoms with van der Waals surface area (Å²) in [6.45, 7) is 3.27. The van der Waals surface area contributed by atoms with Gasteiger partial charge in [-0.1, -0.05) is 0 Å². The lowest BCUT2D eigenvalue weighted by atomic mass is 9.90. The summed E-state index contributed by atoms with van der Waals surface area (Å²) in [5.74, 6) is -0.205. The van der Waals surface area contributed by atoms with Gasteiger partial charge in [-0.3, -0.25) is 9.48 Å². The van der Waals surface area contributed by atoms with Crippen LogP contribution in [0.1, 0.15) is 19.5 Å². The summed E-state index contributed by atoms with van der Waals surface area (Å²) in [6, 6.07) is 1.82. The predicted molar refractivity (Wildman–Crippen MR) is 69.3 cm³/mol. The lowest BCUT2D eigenvalue weighted by molar-refractivity contribution is -0.142. The highest BCUT2D eigenvalue weighted by molar-refractivity contribution is 7.13. The number of aryl methyl sites for hydroxylation is 1. The smallest absolute Gasteiger partial charge is 0.315 e. The Kier molecular flexibility index (Phi) is 3.08.